The van der Waals surface area contributed by atoms with Crippen LogP contribution in [0.4, 0.5) is 0 Å². The van der Waals surface area contributed by atoms with E-state index >= 15 is 0 Å². The van der Waals surface area contributed by atoms with Gasteiger partial charge in [0.2, 0.25) is 0 Å². The lowest BCUT2D eigenvalue weighted by Crippen LogP contribution is -2.46. The van der Waals surface area contributed by atoms with Crippen molar-refractivity contribution in [3.8, 4) is 5.75 Å². The van der Waals surface area contributed by atoms with Crippen molar-refractivity contribution in [1.29, 1.82) is 0 Å². The summed E-state index contributed by atoms with van der Waals surface area (Å²) in [6.45, 7) is 3.71. The number of aromatic hydroxyl groups is 1. The van der Waals surface area contributed by atoms with Gasteiger partial charge in [0.25, 0.3) is 0 Å². The molecule has 1 atom stereocenters. The molecule has 1 fully saturated rings. The van der Waals surface area contributed by atoms with E-state index in [1.807, 2.05) is 12.1 Å². The molecule has 0 radical (unpaired) electrons. The molecule has 0 bridgehead atoms. The minimum Gasteiger partial charge on any atom is -0.508 e. The van der Waals surface area contributed by atoms with Crippen molar-refractivity contribution < 1.29 is 10.2 Å². The molecular weight excluding hydrogens is 240 g/mol. The number of nitrogens with one attached hydrogen (secondary N) is 1. The maximum atomic E-state index is 9.79. The van der Waals surface area contributed by atoms with Gasteiger partial charge in [-0.25, -0.2) is 0 Å². The van der Waals surface area contributed by atoms with Crippen molar-refractivity contribution in [1.82, 2.24) is 10.2 Å². The molecule has 1 aliphatic heterocycles. The molecule has 1 aliphatic rings. The van der Waals surface area contributed by atoms with Crippen molar-refractivity contribution in [2.75, 3.05) is 32.8 Å². The Hall–Kier alpha value is -0.810. The Morgan fingerprint density at radius 1 is 1.24 bits per heavy atom. The van der Waals surface area contributed by atoms with Crippen LogP contribution in [-0.2, 0) is 0 Å². The SMILES string of the molecule is Cl.OC[C@H](c1ccccc1O)N1CCNCC1. The first-order valence-corrected chi connectivity index (χ1v) is 5.66. The van der Waals surface area contributed by atoms with Crippen molar-refractivity contribution in [3.63, 3.8) is 0 Å². The van der Waals surface area contributed by atoms with Crippen LogP contribution in [-0.4, -0.2) is 47.9 Å². The molecule has 5 heteroatoms. The zero-order valence-electron chi connectivity index (χ0n) is 9.67. The van der Waals surface area contributed by atoms with E-state index in [1.165, 1.54) is 0 Å². The average molecular weight is 259 g/mol. The highest BCUT2D eigenvalue weighted by atomic mass is 35.5. The van der Waals surface area contributed by atoms with Crippen LogP contribution in [0.15, 0.2) is 24.3 Å². The van der Waals surface area contributed by atoms with Gasteiger partial charge in [-0.05, 0) is 6.07 Å². The lowest BCUT2D eigenvalue weighted by molar-refractivity contribution is 0.109. The van der Waals surface area contributed by atoms with E-state index in [-0.39, 0.29) is 30.8 Å². The molecule has 1 aromatic rings. The molecule has 0 saturated carbocycles. The third kappa shape index (κ3) is 3.33. The molecule has 0 spiro atoms. The number of hydrogen-bond donors (Lipinski definition) is 3. The Morgan fingerprint density at radius 3 is 2.47 bits per heavy atom. The fourth-order valence-corrected chi connectivity index (χ4v) is 2.17. The van der Waals surface area contributed by atoms with Gasteiger partial charge in [-0.15, -0.1) is 12.4 Å². The zero-order valence-corrected chi connectivity index (χ0v) is 10.5. The standard InChI is InChI=1S/C12H18N2O2.ClH/c15-9-11(14-7-5-13-6-8-14)10-3-1-2-4-12(10)16;/h1-4,11,13,15-16H,5-9H2;1H/t11-;/m1./s1. The lowest BCUT2D eigenvalue weighted by atomic mass is 10.0. The maximum absolute atomic E-state index is 9.79. The van der Waals surface area contributed by atoms with Gasteiger partial charge in [0.05, 0.1) is 12.6 Å². The van der Waals surface area contributed by atoms with E-state index in [4.69, 9.17) is 0 Å². The highest BCUT2D eigenvalue weighted by molar-refractivity contribution is 5.85. The lowest BCUT2D eigenvalue weighted by Gasteiger charge is -2.34. The van der Waals surface area contributed by atoms with Crippen LogP contribution >= 0.6 is 12.4 Å². The molecular formula is C12H19ClN2O2. The van der Waals surface area contributed by atoms with Crippen LogP contribution in [0.1, 0.15) is 11.6 Å². The van der Waals surface area contributed by atoms with Crippen LogP contribution < -0.4 is 5.32 Å². The van der Waals surface area contributed by atoms with Gasteiger partial charge in [0.1, 0.15) is 5.75 Å². The van der Waals surface area contributed by atoms with Crippen molar-refractivity contribution in [2.24, 2.45) is 0 Å². The minimum atomic E-state index is -0.0942. The molecule has 17 heavy (non-hydrogen) atoms. The quantitative estimate of drug-likeness (QED) is 0.749. The van der Waals surface area contributed by atoms with E-state index in [1.54, 1.807) is 12.1 Å². The number of aliphatic hydroxyl groups is 1. The third-order valence-electron chi connectivity index (χ3n) is 3.06. The summed E-state index contributed by atoms with van der Waals surface area (Å²) in [7, 11) is 0. The summed E-state index contributed by atoms with van der Waals surface area (Å²) in [6.07, 6.45) is 0. The molecule has 2 rings (SSSR count). The summed E-state index contributed by atoms with van der Waals surface area (Å²) < 4.78 is 0. The first-order chi connectivity index (χ1) is 7.83. The molecule has 1 saturated heterocycles. The van der Waals surface area contributed by atoms with Gasteiger partial charge < -0.3 is 15.5 Å². The largest absolute Gasteiger partial charge is 0.508 e. The maximum Gasteiger partial charge on any atom is 0.120 e. The Balaban J connectivity index is 0.00000144. The van der Waals surface area contributed by atoms with Crippen molar-refractivity contribution >= 4 is 12.4 Å². The second-order valence-corrected chi connectivity index (χ2v) is 4.04. The van der Waals surface area contributed by atoms with E-state index in [2.05, 4.69) is 10.2 Å². The average Bonchev–Trinajstić information content (AvgIpc) is 2.34. The van der Waals surface area contributed by atoms with Gasteiger partial charge in [-0.2, -0.15) is 0 Å². The van der Waals surface area contributed by atoms with Gasteiger partial charge in [0, 0.05) is 31.7 Å². The number of para-hydroxylation sites is 1. The number of aliphatic hydroxyl groups excluding tert-OH is 1. The molecule has 0 unspecified atom stereocenters. The fourth-order valence-electron chi connectivity index (χ4n) is 2.17. The van der Waals surface area contributed by atoms with Crippen molar-refractivity contribution in [2.45, 2.75) is 6.04 Å². The normalized spacial score (nSPS) is 18.4. The van der Waals surface area contributed by atoms with Crippen LogP contribution in [0.25, 0.3) is 0 Å². The molecule has 0 aliphatic carbocycles. The summed E-state index contributed by atoms with van der Waals surface area (Å²) in [5, 5.41) is 22.5. The second-order valence-electron chi connectivity index (χ2n) is 4.04. The van der Waals surface area contributed by atoms with E-state index in [0.29, 0.717) is 0 Å². The van der Waals surface area contributed by atoms with Crippen LogP contribution in [0.2, 0.25) is 0 Å². The highest BCUT2D eigenvalue weighted by Gasteiger charge is 2.23. The van der Waals surface area contributed by atoms with E-state index < -0.39 is 0 Å². The monoisotopic (exact) mass is 258 g/mol. The number of benzene rings is 1. The predicted molar refractivity (Wildman–Crippen MR) is 69.6 cm³/mol. The molecule has 96 valence electrons. The first-order valence-electron chi connectivity index (χ1n) is 5.66. The summed E-state index contributed by atoms with van der Waals surface area (Å²) in [5.41, 5.74) is 0.812. The second kappa shape index (κ2) is 6.81. The van der Waals surface area contributed by atoms with E-state index in [9.17, 15) is 10.2 Å². The van der Waals surface area contributed by atoms with Crippen LogP contribution in [0.5, 0.6) is 5.75 Å². The van der Waals surface area contributed by atoms with Crippen molar-refractivity contribution in [3.05, 3.63) is 29.8 Å². The first kappa shape index (κ1) is 14.3. The Morgan fingerprint density at radius 2 is 1.88 bits per heavy atom. The number of rotatable bonds is 3. The number of hydrogen-bond acceptors (Lipinski definition) is 4. The number of phenols is 1. The Kier molecular flexibility index (Phi) is 5.71. The van der Waals surface area contributed by atoms with Gasteiger partial charge in [-0.3, -0.25) is 4.90 Å². The highest BCUT2D eigenvalue weighted by Crippen LogP contribution is 2.28. The molecule has 1 heterocycles. The summed E-state index contributed by atoms with van der Waals surface area (Å²) in [6, 6.07) is 7.13. The minimum absolute atomic E-state index is 0. The predicted octanol–water partition coefficient (Wildman–Crippen LogP) is 0.753. The zero-order chi connectivity index (χ0) is 11.4. The number of phenolic OH excluding ortho intramolecular Hbond substituents is 1. The molecule has 4 nitrogen and oxygen atoms in total. The summed E-state index contributed by atoms with van der Waals surface area (Å²) >= 11 is 0. The summed E-state index contributed by atoms with van der Waals surface area (Å²) in [5.74, 6) is 0.264. The van der Waals surface area contributed by atoms with Crippen LogP contribution in [0.3, 0.4) is 0 Å². The molecule has 0 aromatic heterocycles. The molecule has 3 N–H and O–H groups in total. The Labute approximate surface area is 108 Å². The van der Waals surface area contributed by atoms with Crippen LogP contribution in [0, 0.1) is 0 Å². The fraction of sp³-hybridized carbons (Fsp3) is 0.500. The smallest absolute Gasteiger partial charge is 0.120 e. The van der Waals surface area contributed by atoms with Gasteiger partial charge >= 0.3 is 0 Å². The topological polar surface area (TPSA) is 55.7 Å². The summed E-state index contributed by atoms with van der Waals surface area (Å²) in [4.78, 5) is 2.20. The molecule has 0 amide bonds. The van der Waals surface area contributed by atoms with Gasteiger partial charge in [-0.1, -0.05) is 18.2 Å². The Bertz CT molecular complexity index is 343. The molecule has 1 aromatic carbocycles. The number of nitrogens with zero attached hydrogens (tertiary/aromatic N) is 1. The van der Waals surface area contributed by atoms with E-state index in [0.717, 1.165) is 31.7 Å². The third-order valence-corrected chi connectivity index (χ3v) is 3.06. The van der Waals surface area contributed by atoms with Gasteiger partial charge in [0.15, 0.2) is 0 Å². The number of halogens is 1. The number of piperazine rings is 1.